The number of benzene rings is 1. The van der Waals surface area contributed by atoms with Gasteiger partial charge in [-0.05, 0) is 65.6 Å². The van der Waals surface area contributed by atoms with Crippen molar-refractivity contribution in [3.05, 3.63) is 65.5 Å². The monoisotopic (exact) mass is 471 g/mol. The van der Waals surface area contributed by atoms with E-state index < -0.39 is 0 Å². The van der Waals surface area contributed by atoms with Gasteiger partial charge in [0.1, 0.15) is 0 Å². The molecule has 2 heterocycles. The van der Waals surface area contributed by atoms with Gasteiger partial charge in [-0.2, -0.15) is 0 Å². The maximum atomic E-state index is 11.8. The minimum absolute atomic E-state index is 0.314. The average Bonchev–Trinajstić information content (AvgIpc) is 3.15. The number of halogens is 2. The molecule has 1 aromatic heterocycles. The summed E-state index contributed by atoms with van der Waals surface area (Å²) in [5.74, 6) is 0.741. The first-order valence-electron chi connectivity index (χ1n) is 8.46. The Bertz CT molecular complexity index is 908. The minimum atomic E-state index is -0.327. The summed E-state index contributed by atoms with van der Waals surface area (Å²) in [7, 11) is 0. The highest BCUT2D eigenvalue weighted by molar-refractivity contribution is 14.1. The van der Waals surface area contributed by atoms with Crippen molar-refractivity contribution < 1.29 is 0 Å². The highest BCUT2D eigenvalue weighted by Gasteiger charge is 2.60. The van der Waals surface area contributed by atoms with Crippen LogP contribution in [0.2, 0.25) is 5.02 Å². The Morgan fingerprint density at radius 2 is 2.00 bits per heavy atom. The fraction of sp³-hybridized carbons (Fsp3) is 0.444. The number of H-pyrrole nitrogens is 1. The highest BCUT2D eigenvalue weighted by atomic mass is 127. The molecule has 132 valence electrons. The lowest BCUT2D eigenvalue weighted by Gasteiger charge is -2.21. The summed E-state index contributed by atoms with van der Waals surface area (Å²) in [6.45, 7) is 3.80. The van der Waals surface area contributed by atoms with Crippen molar-refractivity contribution in [2.45, 2.75) is 24.8 Å². The van der Waals surface area contributed by atoms with E-state index in [1.54, 1.807) is 10.8 Å². The Labute approximate surface area is 164 Å². The zero-order valence-corrected chi connectivity index (χ0v) is 16.6. The molecule has 0 amide bonds. The third kappa shape index (κ3) is 3.31. The van der Waals surface area contributed by atoms with Gasteiger partial charge in [0, 0.05) is 36.3 Å². The van der Waals surface area contributed by atoms with Crippen LogP contribution in [0.25, 0.3) is 0 Å². The van der Waals surface area contributed by atoms with Gasteiger partial charge in [0.15, 0.2) is 0 Å². The second kappa shape index (κ2) is 6.55. The fourth-order valence-electron chi connectivity index (χ4n) is 4.10. The summed E-state index contributed by atoms with van der Waals surface area (Å²) >= 11 is 7.96. The van der Waals surface area contributed by atoms with Gasteiger partial charge in [-0.25, -0.2) is 4.79 Å². The number of hydrogen-bond donors (Lipinski definition) is 1. The van der Waals surface area contributed by atoms with Crippen LogP contribution in [0, 0.1) is 9.49 Å². The van der Waals surface area contributed by atoms with Gasteiger partial charge >= 0.3 is 5.69 Å². The number of likely N-dealkylation sites (tertiary alicyclic amines) is 1. The fourth-order valence-corrected chi connectivity index (χ4v) is 4.70. The Morgan fingerprint density at radius 3 is 2.76 bits per heavy atom. The highest BCUT2D eigenvalue weighted by Crippen LogP contribution is 2.59. The van der Waals surface area contributed by atoms with E-state index in [1.165, 1.54) is 12.0 Å². The van der Waals surface area contributed by atoms with Crippen molar-refractivity contribution in [3.63, 3.8) is 0 Å². The number of nitrogens with zero attached hydrogens (tertiary/aromatic N) is 2. The standard InChI is InChI=1S/C18H19ClIN3O2/c19-14-4-2-12(3-5-14)18-8-13(18)9-22(11-18)6-1-7-23-10-15(20)16(24)21-17(23)25/h2-5,10,13H,1,6-9,11H2,(H,21,24,25). The van der Waals surface area contributed by atoms with Gasteiger partial charge in [0.2, 0.25) is 0 Å². The largest absolute Gasteiger partial charge is 0.328 e. The average molecular weight is 472 g/mol. The number of aryl methyl sites for hydroxylation is 1. The Kier molecular flexibility index (Phi) is 4.54. The van der Waals surface area contributed by atoms with Crippen LogP contribution >= 0.6 is 34.2 Å². The van der Waals surface area contributed by atoms with Crippen LogP contribution in [-0.4, -0.2) is 34.1 Å². The lowest BCUT2D eigenvalue weighted by atomic mass is 9.95. The van der Waals surface area contributed by atoms with E-state index in [-0.39, 0.29) is 11.2 Å². The van der Waals surface area contributed by atoms with Crippen LogP contribution in [0.4, 0.5) is 0 Å². The summed E-state index contributed by atoms with van der Waals surface area (Å²) in [5, 5.41) is 0.785. The lowest BCUT2D eigenvalue weighted by Crippen LogP contribution is -2.33. The molecule has 2 unspecified atom stereocenters. The molecule has 1 saturated carbocycles. The molecule has 2 fully saturated rings. The van der Waals surface area contributed by atoms with Gasteiger partial charge in [0.25, 0.3) is 5.56 Å². The first-order valence-corrected chi connectivity index (χ1v) is 9.91. The third-order valence-corrected chi connectivity index (χ3v) is 6.50. The molecule has 0 radical (unpaired) electrons. The third-order valence-electron chi connectivity index (χ3n) is 5.48. The number of hydrogen-bond acceptors (Lipinski definition) is 3. The van der Waals surface area contributed by atoms with Crippen molar-refractivity contribution in [2.75, 3.05) is 19.6 Å². The van der Waals surface area contributed by atoms with Crippen molar-refractivity contribution in [1.82, 2.24) is 14.5 Å². The molecule has 7 heteroatoms. The Balaban J connectivity index is 1.35. The number of rotatable bonds is 5. The van der Waals surface area contributed by atoms with Crippen molar-refractivity contribution in [3.8, 4) is 0 Å². The number of fused-ring (bicyclic) bond motifs is 1. The molecule has 0 spiro atoms. The molecule has 1 N–H and O–H groups in total. The summed E-state index contributed by atoms with van der Waals surface area (Å²) < 4.78 is 2.14. The van der Waals surface area contributed by atoms with Crippen molar-refractivity contribution in [2.24, 2.45) is 5.92 Å². The van der Waals surface area contributed by atoms with E-state index >= 15 is 0 Å². The van der Waals surface area contributed by atoms with Crippen LogP contribution in [0.1, 0.15) is 18.4 Å². The second-order valence-corrected chi connectivity index (χ2v) is 8.68. The second-order valence-electron chi connectivity index (χ2n) is 7.08. The van der Waals surface area contributed by atoms with E-state index in [0.717, 1.165) is 37.0 Å². The van der Waals surface area contributed by atoms with Gasteiger partial charge in [0.05, 0.1) is 3.57 Å². The molecule has 1 saturated heterocycles. The maximum absolute atomic E-state index is 11.8. The van der Waals surface area contributed by atoms with Gasteiger partial charge < -0.3 is 4.90 Å². The van der Waals surface area contributed by atoms with Crippen LogP contribution in [0.15, 0.2) is 40.1 Å². The summed E-state index contributed by atoms with van der Waals surface area (Å²) in [6, 6.07) is 8.28. The molecular formula is C18H19ClIN3O2. The summed E-state index contributed by atoms with van der Waals surface area (Å²) in [5.41, 5.74) is 1.07. The predicted molar refractivity (Wildman–Crippen MR) is 106 cm³/mol. The molecule has 1 aliphatic carbocycles. The van der Waals surface area contributed by atoms with Crippen LogP contribution in [-0.2, 0) is 12.0 Å². The van der Waals surface area contributed by atoms with Crippen LogP contribution in [0.5, 0.6) is 0 Å². The maximum Gasteiger partial charge on any atom is 0.328 e. The van der Waals surface area contributed by atoms with E-state index in [4.69, 9.17) is 11.6 Å². The van der Waals surface area contributed by atoms with Gasteiger partial charge in [-0.15, -0.1) is 0 Å². The zero-order chi connectivity index (χ0) is 17.6. The Hall–Kier alpha value is -1.12. The van der Waals surface area contributed by atoms with Crippen molar-refractivity contribution in [1.29, 1.82) is 0 Å². The molecule has 5 nitrogen and oxygen atoms in total. The molecule has 0 bridgehead atoms. The lowest BCUT2D eigenvalue weighted by molar-refractivity contribution is 0.287. The van der Waals surface area contributed by atoms with Crippen LogP contribution < -0.4 is 11.2 Å². The van der Waals surface area contributed by atoms with Gasteiger partial charge in [-0.1, -0.05) is 23.7 Å². The Morgan fingerprint density at radius 1 is 1.24 bits per heavy atom. The molecule has 2 atom stereocenters. The van der Waals surface area contributed by atoms with Gasteiger partial charge in [-0.3, -0.25) is 14.3 Å². The zero-order valence-electron chi connectivity index (χ0n) is 13.7. The normalized spacial score (nSPS) is 25.1. The summed E-state index contributed by atoms with van der Waals surface area (Å²) in [4.78, 5) is 28.1. The van der Waals surface area contributed by atoms with E-state index in [2.05, 4.69) is 22.0 Å². The minimum Gasteiger partial charge on any atom is -0.302 e. The predicted octanol–water partition coefficient (Wildman–Crippen LogP) is 2.46. The molecule has 1 aromatic carbocycles. The first kappa shape index (κ1) is 17.3. The quantitative estimate of drug-likeness (QED) is 0.682. The summed E-state index contributed by atoms with van der Waals surface area (Å²) in [6.07, 6.45) is 3.80. The molecule has 25 heavy (non-hydrogen) atoms. The van der Waals surface area contributed by atoms with E-state index in [9.17, 15) is 9.59 Å². The SMILES string of the molecule is O=c1[nH]c(=O)n(CCCN2CC3CC3(c3ccc(Cl)cc3)C2)cc1I. The molecular weight excluding hydrogens is 453 g/mol. The van der Waals surface area contributed by atoms with Crippen molar-refractivity contribution >= 4 is 34.2 Å². The molecule has 1 aliphatic heterocycles. The molecule has 4 rings (SSSR count). The number of aromatic nitrogens is 2. The number of aromatic amines is 1. The van der Waals surface area contributed by atoms with Crippen LogP contribution in [0.3, 0.4) is 0 Å². The molecule has 2 aliphatic rings. The number of piperidine rings is 1. The first-order chi connectivity index (χ1) is 12.0. The number of nitrogens with one attached hydrogen (secondary N) is 1. The smallest absolute Gasteiger partial charge is 0.302 e. The van der Waals surface area contributed by atoms with E-state index in [0.29, 0.717) is 15.5 Å². The molecule has 2 aromatic rings. The van der Waals surface area contributed by atoms with E-state index in [1.807, 2.05) is 34.7 Å². The topological polar surface area (TPSA) is 58.1 Å².